The maximum Gasteiger partial charge on any atom is 0.405 e. The van der Waals surface area contributed by atoms with E-state index < -0.39 is 6.09 Å². The Hall–Kier alpha value is -0.990. The van der Waals surface area contributed by atoms with Gasteiger partial charge in [0, 0.05) is 0 Å². The van der Waals surface area contributed by atoms with Crippen LogP contribution in [0.5, 0.6) is 0 Å². The van der Waals surface area contributed by atoms with Gasteiger partial charge in [-0.1, -0.05) is 12.7 Å². The van der Waals surface area contributed by atoms with Crippen molar-refractivity contribution in [2.75, 3.05) is 0 Å². The molecule has 2 N–H and O–H groups in total. The van der Waals surface area contributed by atoms with Gasteiger partial charge in [0.25, 0.3) is 0 Å². The van der Waals surface area contributed by atoms with Crippen LogP contribution < -0.4 is 5.73 Å². The van der Waals surface area contributed by atoms with E-state index in [1.807, 2.05) is 0 Å². The molecule has 0 bridgehead atoms. The zero-order valence-electron chi connectivity index (χ0n) is 4.76. The van der Waals surface area contributed by atoms with Gasteiger partial charge in [-0.25, -0.2) is 4.79 Å². The number of hydrogen-bond acceptors (Lipinski definition) is 2. The average molecular weight is 115 g/mol. The standard InChI is InChI=1S/C5H9NO2/c1-3-4(2)8-5(6)7/h3-4H,1H2,2H3,(H2,6,7)/t4-/m0/s1. The van der Waals surface area contributed by atoms with Crippen molar-refractivity contribution < 1.29 is 9.53 Å². The Balaban J connectivity index is 3.38. The minimum atomic E-state index is -0.766. The van der Waals surface area contributed by atoms with Crippen LogP contribution in [0, 0.1) is 0 Å². The molecule has 46 valence electrons. The van der Waals surface area contributed by atoms with Crippen LogP contribution in [0.4, 0.5) is 4.79 Å². The highest BCUT2D eigenvalue weighted by Gasteiger charge is 1.97. The van der Waals surface area contributed by atoms with Gasteiger partial charge in [-0.3, -0.25) is 0 Å². The second kappa shape index (κ2) is 3.07. The van der Waals surface area contributed by atoms with Crippen molar-refractivity contribution in [2.45, 2.75) is 13.0 Å². The summed E-state index contributed by atoms with van der Waals surface area (Å²) in [4.78, 5) is 9.92. The fourth-order valence-corrected chi connectivity index (χ4v) is 0.231. The summed E-state index contributed by atoms with van der Waals surface area (Å²) in [5, 5.41) is 0. The van der Waals surface area contributed by atoms with Crippen LogP contribution in [-0.4, -0.2) is 12.2 Å². The maximum atomic E-state index is 9.92. The Morgan fingerprint density at radius 1 is 2.00 bits per heavy atom. The summed E-state index contributed by atoms with van der Waals surface area (Å²) in [6, 6.07) is 0. The lowest BCUT2D eigenvalue weighted by molar-refractivity contribution is 0.137. The Labute approximate surface area is 48.1 Å². The molecule has 8 heavy (non-hydrogen) atoms. The van der Waals surface area contributed by atoms with Crippen molar-refractivity contribution in [3.8, 4) is 0 Å². The molecule has 0 aromatic heterocycles. The SMILES string of the molecule is C=C[C@H](C)OC(N)=O. The highest BCUT2D eigenvalue weighted by atomic mass is 16.6. The summed E-state index contributed by atoms with van der Waals surface area (Å²) in [6.07, 6.45) is 0.440. The third kappa shape index (κ3) is 3.21. The smallest absolute Gasteiger partial charge is 0.405 e. The molecule has 1 atom stereocenters. The number of rotatable bonds is 2. The normalized spacial score (nSPS) is 12.1. The van der Waals surface area contributed by atoms with E-state index in [1.54, 1.807) is 6.92 Å². The molecule has 0 rings (SSSR count). The van der Waals surface area contributed by atoms with Gasteiger partial charge < -0.3 is 10.5 Å². The number of ether oxygens (including phenoxy) is 1. The third-order valence-electron chi connectivity index (χ3n) is 0.634. The Morgan fingerprint density at radius 3 is 2.62 bits per heavy atom. The summed E-state index contributed by atoms with van der Waals surface area (Å²) in [5.41, 5.74) is 4.66. The average Bonchev–Trinajstić information content (AvgIpc) is 1.65. The van der Waals surface area contributed by atoms with E-state index in [2.05, 4.69) is 17.0 Å². The molecule has 3 nitrogen and oxygen atoms in total. The Bertz CT molecular complexity index is 101. The minimum Gasteiger partial charge on any atom is -0.442 e. The van der Waals surface area contributed by atoms with Crippen LogP contribution in [0.25, 0.3) is 0 Å². The van der Waals surface area contributed by atoms with Crippen LogP contribution in [0.2, 0.25) is 0 Å². The largest absolute Gasteiger partial charge is 0.442 e. The van der Waals surface area contributed by atoms with Gasteiger partial charge in [0.2, 0.25) is 0 Å². The monoisotopic (exact) mass is 115 g/mol. The molecule has 0 aromatic carbocycles. The quantitative estimate of drug-likeness (QED) is 0.537. The van der Waals surface area contributed by atoms with E-state index in [9.17, 15) is 4.79 Å². The first-order valence-electron chi connectivity index (χ1n) is 2.25. The van der Waals surface area contributed by atoms with Gasteiger partial charge in [-0.15, -0.1) is 0 Å². The van der Waals surface area contributed by atoms with Crippen LogP contribution in [-0.2, 0) is 4.74 Å². The number of carbonyl (C=O) groups is 1. The van der Waals surface area contributed by atoms with Gasteiger partial charge >= 0.3 is 6.09 Å². The van der Waals surface area contributed by atoms with Crippen molar-refractivity contribution in [3.63, 3.8) is 0 Å². The molecule has 0 radical (unpaired) electrons. The number of nitrogens with two attached hydrogens (primary N) is 1. The lowest BCUT2D eigenvalue weighted by Gasteiger charge is -2.02. The van der Waals surface area contributed by atoms with Gasteiger partial charge in [0.1, 0.15) is 6.10 Å². The van der Waals surface area contributed by atoms with Crippen LogP contribution in [0.3, 0.4) is 0 Å². The molecule has 0 fully saturated rings. The Kier molecular flexibility index (Phi) is 2.69. The van der Waals surface area contributed by atoms with Gasteiger partial charge in [-0.05, 0) is 6.92 Å². The first-order valence-corrected chi connectivity index (χ1v) is 2.25. The van der Waals surface area contributed by atoms with Gasteiger partial charge in [0.15, 0.2) is 0 Å². The van der Waals surface area contributed by atoms with Crippen LogP contribution >= 0.6 is 0 Å². The second-order valence-electron chi connectivity index (χ2n) is 1.38. The van der Waals surface area contributed by atoms with E-state index in [0.29, 0.717) is 0 Å². The number of amides is 1. The Morgan fingerprint density at radius 2 is 2.50 bits per heavy atom. The predicted molar refractivity (Wildman–Crippen MR) is 30.3 cm³/mol. The summed E-state index contributed by atoms with van der Waals surface area (Å²) >= 11 is 0. The lowest BCUT2D eigenvalue weighted by Crippen LogP contribution is -2.18. The summed E-state index contributed by atoms with van der Waals surface area (Å²) in [7, 11) is 0. The number of carbonyl (C=O) groups excluding carboxylic acids is 1. The van der Waals surface area contributed by atoms with Crippen molar-refractivity contribution in [1.82, 2.24) is 0 Å². The first kappa shape index (κ1) is 7.01. The fraction of sp³-hybridized carbons (Fsp3) is 0.400. The molecule has 0 heterocycles. The van der Waals surface area contributed by atoms with Gasteiger partial charge in [-0.2, -0.15) is 0 Å². The van der Waals surface area contributed by atoms with Crippen LogP contribution in [0.15, 0.2) is 12.7 Å². The molecule has 0 aliphatic carbocycles. The molecule has 0 unspecified atom stereocenters. The fourth-order valence-electron chi connectivity index (χ4n) is 0.231. The molecule has 0 aliphatic rings. The highest BCUT2D eigenvalue weighted by molar-refractivity contribution is 5.64. The zero-order valence-corrected chi connectivity index (χ0v) is 4.76. The molecule has 3 heteroatoms. The number of hydrogen-bond donors (Lipinski definition) is 1. The molecule has 0 aliphatic heterocycles. The van der Waals surface area contributed by atoms with Crippen LogP contribution in [0.1, 0.15) is 6.92 Å². The highest BCUT2D eigenvalue weighted by Crippen LogP contribution is 1.88. The molecular formula is C5H9NO2. The second-order valence-corrected chi connectivity index (χ2v) is 1.38. The topological polar surface area (TPSA) is 52.3 Å². The molecule has 0 saturated heterocycles. The molecular weight excluding hydrogens is 106 g/mol. The first-order chi connectivity index (χ1) is 3.66. The van der Waals surface area contributed by atoms with E-state index >= 15 is 0 Å². The van der Waals surface area contributed by atoms with Crippen molar-refractivity contribution in [2.24, 2.45) is 5.73 Å². The maximum absolute atomic E-state index is 9.92. The minimum absolute atomic E-state index is 0.285. The summed E-state index contributed by atoms with van der Waals surface area (Å²) < 4.78 is 4.42. The molecule has 0 spiro atoms. The lowest BCUT2D eigenvalue weighted by atomic mass is 10.4. The number of primary amides is 1. The summed E-state index contributed by atoms with van der Waals surface area (Å²) in [6.45, 7) is 5.06. The predicted octanol–water partition coefficient (Wildman–Crippen LogP) is 0.656. The van der Waals surface area contributed by atoms with E-state index in [1.165, 1.54) is 6.08 Å². The molecule has 0 saturated carbocycles. The summed E-state index contributed by atoms with van der Waals surface area (Å²) in [5.74, 6) is 0. The third-order valence-corrected chi connectivity index (χ3v) is 0.634. The van der Waals surface area contributed by atoms with E-state index in [0.717, 1.165) is 0 Å². The van der Waals surface area contributed by atoms with Crippen molar-refractivity contribution in [1.29, 1.82) is 0 Å². The van der Waals surface area contributed by atoms with E-state index in [4.69, 9.17) is 0 Å². The van der Waals surface area contributed by atoms with E-state index in [-0.39, 0.29) is 6.10 Å². The molecule has 1 amide bonds. The van der Waals surface area contributed by atoms with Gasteiger partial charge in [0.05, 0.1) is 0 Å². The molecule has 0 aromatic rings. The van der Waals surface area contributed by atoms with Crippen molar-refractivity contribution in [3.05, 3.63) is 12.7 Å². The van der Waals surface area contributed by atoms with Crippen molar-refractivity contribution >= 4 is 6.09 Å². The zero-order chi connectivity index (χ0) is 6.57.